The highest BCUT2D eigenvalue weighted by molar-refractivity contribution is 6.53. The van der Waals surface area contributed by atoms with E-state index in [4.69, 9.17) is 16.7 Å². The number of aliphatic carboxylic acids is 1. The number of nitrogens with zero attached hydrogens (tertiary/aromatic N) is 2. The fourth-order valence-corrected chi connectivity index (χ4v) is 1.76. The van der Waals surface area contributed by atoms with E-state index in [1.165, 1.54) is 12.1 Å². The third-order valence-electron chi connectivity index (χ3n) is 2.53. The van der Waals surface area contributed by atoms with Crippen LogP contribution in [0.2, 0.25) is 5.02 Å². The summed E-state index contributed by atoms with van der Waals surface area (Å²) in [6.45, 7) is 0. The Hall–Kier alpha value is -2.21. The molecule has 0 bridgehead atoms. The van der Waals surface area contributed by atoms with Gasteiger partial charge in [-0.1, -0.05) is 11.6 Å². The Morgan fingerprint density at radius 3 is 2.47 bits per heavy atom. The molecule has 7 heteroatoms. The van der Waals surface area contributed by atoms with Gasteiger partial charge in [-0.25, -0.2) is 9.69 Å². The Morgan fingerprint density at radius 1 is 1.26 bits per heavy atom. The van der Waals surface area contributed by atoms with Crippen molar-refractivity contribution < 1.29 is 19.5 Å². The van der Waals surface area contributed by atoms with Crippen molar-refractivity contribution in [2.45, 2.75) is 12.8 Å². The number of carbonyl (C=O) groups is 3. The number of imide groups is 1. The summed E-state index contributed by atoms with van der Waals surface area (Å²) in [6, 6.07) is 5.42. The lowest BCUT2D eigenvalue weighted by Gasteiger charge is -2.12. The maximum Gasteiger partial charge on any atom is 0.355 e. The molecule has 0 radical (unpaired) electrons. The molecule has 0 saturated heterocycles. The van der Waals surface area contributed by atoms with Crippen molar-refractivity contribution in [3.63, 3.8) is 0 Å². The van der Waals surface area contributed by atoms with E-state index in [9.17, 15) is 14.4 Å². The number of anilines is 1. The first kappa shape index (κ1) is 13.2. The topological polar surface area (TPSA) is 87.0 Å². The SMILES string of the molecule is O=C(O)CCC1=NC(=O)N(c2ccc(Cl)cc2)C1=O. The highest BCUT2D eigenvalue weighted by Gasteiger charge is 2.34. The maximum atomic E-state index is 12.0. The van der Waals surface area contributed by atoms with Gasteiger partial charge in [0.05, 0.1) is 12.1 Å². The minimum atomic E-state index is -1.05. The van der Waals surface area contributed by atoms with Crippen LogP contribution in [-0.2, 0) is 9.59 Å². The number of aliphatic imine (C=N–C) groups is 1. The van der Waals surface area contributed by atoms with Crippen LogP contribution >= 0.6 is 11.6 Å². The Kier molecular flexibility index (Phi) is 3.62. The van der Waals surface area contributed by atoms with Gasteiger partial charge in [0.25, 0.3) is 5.91 Å². The predicted molar refractivity (Wildman–Crippen MR) is 68.6 cm³/mol. The molecule has 1 heterocycles. The van der Waals surface area contributed by atoms with E-state index in [1.54, 1.807) is 12.1 Å². The largest absolute Gasteiger partial charge is 0.481 e. The Morgan fingerprint density at radius 2 is 1.89 bits per heavy atom. The van der Waals surface area contributed by atoms with E-state index in [2.05, 4.69) is 4.99 Å². The first-order valence-electron chi connectivity index (χ1n) is 5.42. The lowest BCUT2D eigenvalue weighted by molar-refractivity contribution is -0.136. The summed E-state index contributed by atoms with van der Waals surface area (Å²) in [4.78, 5) is 38.6. The summed E-state index contributed by atoms with van der Waals surface area (Å²) < 4.78 is 0. The van der Waals surface area contributed by atoms with Gasteiger partial charge in [-0.2, -0.15) is 4.99 Å². The van der Waals surface area contributed by atoms with E-state index < -0.39 is 17.9 Å². The minimum absolute atomic E-state index is 0.0395. The fraction of sp³-hybridized carbons (Fsp3) is 0.167. The number of carboxylic acids is 1. The normalized spacial score (nSPS) is 14.8. The molecule has 1 aromatic carbocycles. The monoisotopic (exact) mass is 280 g/mol. The Labute approximate surface area is 113 Å². The van der Waals surface area contributed by atoms with Crippen LogP contribution in [0.4, 0.5) is 10.5 Å². The van der Waals surface area contributed by atoms with Crippen LogP contribution in [0.15, 0.2) is 29.3 Å². The quantitative estimate of drug-likeness (QED) is 0.915. The molecule has 19 heavy (non-hydrogen) atoms. The van der Waals surface area contributed by atoms with E-state index in [0.717, 1.165) is 4.90 Å². The molecule has 6 nitrogen and oxygen atoms in total. The van der Waals surface area contributed by atoms with Crippen molar-refractivity contribution in [3.05, 3.63) is 29.3 Å². The third kappa shape index (κ3) is 2.79. The summed E-state index contributed by atoms with van der Waals surface area (Å²) in [5, 5.41) is 9.04. The number of hydrogen-bond donors (Lipinski definition) is 1. The molecule has 0 fully saturated rings. The minimum Gasteiger partial charge on any atom is -0.481 e. The van der Waals surface area contributed by atoms with Crippen LogP contribution in [0.25, 0.3) is 0 Å². The average Bonchev–Trinajstić information content (AvgIpc) is 2.63. The summed E-state index contributed by atoms with van der Waals surface area (Å²) in [7, 11) is 0. The molecule has 0 aliphatic carbocycles. The van der Waals surface area contributed by atoms with Crippen LogP contribution in [0.3, 0.4) is 0 Å². The average molecular weight is 281 g/mol. The molecule has 2 rings (SSSR count). The van der Waals surface area contributed by atoms with Crippen molar-refractivity contribution in [2.24, 2.45) is 4.99 Å². The van der Waals surface area contributed by atoms with Crippen LogP contribution < -0.4 is 4.90 Å². The molecule has 1 N–H and O–H groups in total. The van der Waals surface area contributed by atoms with Gasteiger partial charge in [-0.3, -0.25) is 9.59 Å². The van der Waals surface area contributed by atoms with Crippen molar-refractivity contribution in [3.8, 4) is 0 Å². The van der Waals surface area contributed by atoms with Gasteiger partial charge in [-0.15, -0.1) is 0 Å². The highest BCUT2D eigenvalue weighted by atomic mass is 35.5. The first-order chi connectivity index (χ1) is 8.99. The molecule has 98 valence electrons. The Bertz CT molecular complexity index is 580. The molecule has 0 atom stereocenters. The van der Waals surface area contributed by atoms with Gasteiger partial charge in [0.1, 0.15) is 5.71 Å². The lowest BCUT2D eigenvalue weighted by atomic mass is 10.2. The number of urea groups is 1. The number of benzene rings is 1. The summed E-state index contributed by atoms with van der Waals surface area (Å²) in [6.07, 6.45) is -0.309. The lowest BCUT2D eigenvalue weighted by Crippen LogP contribution is -2.32. The van der Waals surface area contributed by atoms with Gasteiger partial charge in [0.15, 0.2) is 0 Å². The third-order valence-corrected chi connectivity index (χ3v) is 2.78. The first-order valence-corrected chi connectivity index (χ1v) is 5.80. The standard InChI is InChI=1S/C12H9ClN2O4/c13-7-1-3-8(4-2-7)15-11(18)9(14-12(15)19)5-6-10(16)17/h1-4H,5-6H2,(H,16,17). The molecule has 1 aromatic rings. The molecule has 3 amide bonds. The number of carboxylic acid groups (broad SMARTS) is 1. The zero-order chi connectivity index (χ0) is 14.0. The van der Waals surface area contributed by atoms with E-state index in [0.29, 0.717) is 10.7 Å². The molecule has 0 saturated carbocycles. The van der Waals surface area contributed by atoms with Gasteiger partial charge in [0.2, 0.25) is 0 Å². The molecule has 0 unspecified atom stereocenters. The predicted octanol–water partition coefficient (Wildman–Crippen LogP) is 2.11. The van der Waals surface area contributed by atoms with Crippen LogP contribution in [-0.4, -0.2) is 28.7 Å². The summed E-state index contributed by atoms with van der Waals surface area (Å²) in [5.74, 6) is -1.64. The van der Waals surface area contributed by atoms with Gasteiger partial charge >= 0.3 is 12.0 Å². The van der Waals surface area contributed by atoms with Crippen molar-refractivity contribution >= 4 is 40.9 Å². The van der Waals surface area contributed by atoms with Gasteiger partial charge in [0, 0.05) is 11.4 Å². The molecular weight excluding hydrogens is 272 g/mol. The Balaban J connectivity index is 2.18. The maximum absolute atomic E-state index is 12.0. The molecule has 0 aromatic heterocycles. The van der Waals surface area contributed by atoms with E-state index in [1.807, 2.05) is 0 Å². The molecule has 0 spiro atoms. The second-order valence-corrected chi connectivity index (χ2v) is 4.29. The zero-order valence-electron chi connectivity index (χ0n) is 9.67. The van der Waals surface area contributed by atoms with Gasteiger partial charge < -0.3 is 5.11 Å². The molecule has 1 aliphatic rings. The number of amides is 3. The summed E-state index contributed by atoms with van der Waals surface area (Å²) in [5.41, 5.74) is 0.316. The number of rotatable bonds is 4. The highest BCUT2D eigenvalue weighted by Crippen LogP contribution is 2.22. The smallest absolute Gasteiger partial charge is 0.355 e. The number of halogens is 1. The number of hydrogen-bond acceptors (Lipinski definition) is 3. The van der Waals surface area contributed by atoms with Crippen LogP contribution in [0.1, 0.15) is 12.8 Å². The zero-order valence-corrected chi connectivity index (χ0v) is 10.4. The fourth-order valence-electron chi connectivity index (χ4n) is 1.64. The second kappa shape index (κ2) is 5.19. The van der Waals surface area contributed by atoms with Crippen molar-refractivity contribution in [2.75, 3.05) is 4.90 Å². The van der Waals surface area contributed by atoms with Crippen molar-refractivity contribution in [1.82, 2.24) is 0 Å². The molecular formula is C12H9ClN2O4. The van der Waals surface area contributed by atoms with E-state index in [-0.39, 0.29) is 18.6 Å². The second-order valence-electron chi connectivity index (χ2n) is 3.85. The molecule has 1 aliphatic heterocycles. The van der Waals surface area contributed by atoms with Crippen molar-refractivity contribution in [1.29, 1.82) is 0 Å². The summed E-state index contributed by atoms with van der Waals surface area (Å²) >= 11 is 5.72. The van der Waals surface area contributed by atoms with Gasteiger partial charge in [-0.05, 0) is 24.3 Å². The van der Waals surface area contributed by atoms with E-state index >= 15 is 0 Å². The number of carbonyl (C=O) groups excluding carboxylic acids is 2. The van der Waals surface area contributed by atoms with Crippen LogP contribution in [0.5, 0.6) is 0 Å². The van der Waals surface area contributed by atoms with Crippen LogP contribution in [0, 0.1) is 0 Å².